The number of hydrogen-bond donors (Lipinski definition) is 2. The fraction of sp³-hybridized carbons (Fsp3) is 0.692. The van der Waals surface area contributed by atoms with Crippen molar-refractivity contribution in [2.45, 2.75) is 143 Å². The maximum atomic E-state index is 14.6. The molecule has 2 amide bonds. The number of carbonyl (C=O) groups excluding carboxylic acids is 2. The van der Waals surface area contributed by atoms with Gasteiger partial charge in [-0.15, -0.1) is 0 Å². The van der Waals surface area contributed by atoms with Crippen LogP contribution in [0.5, 0.6) is 0 Å². The normalized spacial score (nSPS) is 28.9. The Morgan fingerprint density at radius 3 is 2.48 bits per heavy atom. The molecule has 0 radical (unpaired) electrons. The molecule has 0 spiro atoms. The topological polar surface area (TPSA) is 116 Å². The quantitative estimate of drug-likeness (QED) is 0.266. The summed E-state index contributed by atoms with van der Waals surface area (Å²) in [5.41, 5.74) is 2.39. The minimum Gasteiger partial charge on any atom is -0.404 e. The first-order valence-corrected chi connectivity index (χ1v) is 18.6. The van der Waals surface area contributed by atoms with Gasteiger partial charge in [-0.1, -0.05) is 83.5 Å². The van der Waals surface area contributed by atoms with E-state index in [0.29, 0.717) is 42.0 Å². The molecule has 2 bridgehead atoms. The zero-order valence-corrected chi connectivity index (χ0v) is 32.1. The third kappa shape index (κ3) is 6.76. The van der Waals surface area contributed by atoms with Crippen LogP contribution in [0.1, 0.15) is 128 Å². The van der Waals surface area contributed by atoms with E-state index >= 15 is 0 Å². The van der Waals surface area contributed by atoms with E-state index in [1.165, 1.54) is 6.42 Å². The molecular formula is C39H58BN5O5. The van der Waals surface area contributed by atoms with Crippen molar-refractivity contribution >= 4 is 24.6 Å². The van der Waals surface area contributed by atoms with Crippen LogP contribution >= 0.6 is 0 Å². The van der Waals surface area contributed by atoms with Crippen LogP contribution in [0.15, 0.2) is 35.5 Å². The van der Waals surface area contributed by atoms with Crippen LogP contribution in [-0.2, 0) is 30.8 Å². The van der Waals surface area contributed by atoms with Crippen LogP contribution in [0.3, 0.4) is 0 Å². The van der Waals surface area contributed by atoms with E-state index in [9.17, 15) is 9.59 Å². The molecule has 1 aromatic carbocycles. The molecule has 5 aliphatic rings. The van der Waals surface area contributed by atoms with Crippen LogP contribution in [-0.4, -0.2) is 64.2 Å². The van der Waals surface area contributed by atoms with Crippen molar-refractivity contribution in [2.75, 3.05) is 6.54 Å². The van der Waals surface area contributed by atoms with E-state index in [0.717, 1.165) is 23.2 Å². The lowest BCUT2D eigenvalue weighted by Gasteiger charge is -2.64. The molecule has 1 unspecified atom stereocenters. The van der Waals surface area contributed by atoms with Crippen molar-refractivity contribution in [1.82, 2.24) is 20.4 Å². The summed E-state index contributed by atoms with van der Waals surface area (Å²) in [5, 5.41) is 15.5. The van der Waals surface area contributed by atoms with E-state index in [-0.39, 0.29) is 59.3 Å². The van der Waals surface area contributed by atoms with Crippen molar-refractivity contribution in [3.63, 3.8) is 0 Å². The summed E-state index contributed by atoms with van der Waals surface area (Å²) < 4.78 is 15.3. The number of nitrogens with one attached hydrogen (secondary N) is 2. The van der Waals surface area contributed by atoms with Crippen LogP contribution in [0.25, 0.3) is 0 Å². The molecule has 3 aliphatic carbocycles. The van der Waals surface area contributed by atoms with Gasteiger partial charge in [-0.05, 0) is 81.8 Å². The van der Waals surface area contributed by atoms with Crippen molar-refractivity contribution in [1.29, 1.82) is 0 Å². The zero-order valence-electron chi connectivity index (χ0n) is 32.1. The number of aryl methyl sites for hydroxylation is 1. The zero-order chi connectivity index (χ0) is 36.4. The minimum absolute atomic E-state index is 0.0139. The lowest BCUT2D eigenvalue weighted by Crippen LogP contribution is -2.65. The highest BCUT2D eigenvalue weighted by atomic mass is 16.7. The van der Waals surface area contributed by atoms with Crippen molar-refractivity contribution in [3.05, 3.63) is 52.8 Å². The van der Waals surface area contributed by atoms with Gasteiger partial charge < -0.3 is 24.8 Å². The molecule has 1 saturated heterocycles. The lowest BCUT2D eigenvalue weighted by molar-refractivity contribution is -0.199. The summed E-state index contributed by atoms with van der Waals surface area (Å²) in [6.07, 6.45) is 3.43. The number of benzene rings is 1. The fourth-order valence-electron chi connectivity index (χ4n) is 8.80. The predicted octanol–water partition coefficient (Wildman–Crippen LogP) is 6.36. The molecule has 4 fully saturated rings. The highest BCUT2D eigenvalue weighted by Gasteiger charge is 2.68. The third-order valence-electron chi connectivity index (χ3n) is 11.8. The molecule has 10 nitrogen and oxygen atoms in total. The first-order chi connectivity index (χ1) is 23.3. The molecule has 11 heteroatoms. The van der Waals surface area contributed by atoms with Gasteiger partial charge in [0.2, 0.25) is 5.60 Å². The average molecular weight is 688 g/mol. The Morgan fingerprint density at radius 1 is 1.10 bits per heavy atom. The number of rotatable bonds is 11. The average Bonchev–Trinajstić information content (AvgIpc) is 3.74. The predicted molar refractivity (Wildman–Crippen MR) is 196 cm³/mol. The molecule has 7 rings (SSSR count). The van der Waals surface area contributed by atoms with E-state index < -0.39 is 12.7 Å². The molecule has 3 saturated carbocycles. The maximum absolute atomic E-state index is 14.6. The number of oxime groups is 1. The molecule has 50 heavy (non-hydrogen) atoms. The van der Waals surface area contributed by atoms with Gasteiger partial charge in [0, 0.05) is 24.3 Å². The van der Waals surface area contributed by atoms with Crippen molar-refractivity contribution in [3.8, 4) is 0 Å². The van der Waals surface area contributed by atoms with Gasteiger partial charge >= 0.3 is 7.12 Å². The van der Waals surface area contributed by atoms with Gasteiger partial charge in [0.15, 0.2) is 0 Å². The smallest absolute Gasteiger partial charge is 0.404 e. The van der Waals surface area contributed by atoms with Crippen LogP contribution in [0, 0.1) is 30.1 Å². The minimum atomic E-state index is -1.29. The van der Waals surface area contributed by atoms with Gasteiger partial charge in [0.25, 0.3) is 11.8 Å². The van der Waals surface area contributed by atoms with Gasteiger partial charge in [-0.25, -0.2) is 0 Å². The number of nitrogens with zero attached hydrogens (tertiary/aromatic N) is 3. The lowest BCUT2D eigenvalue weighted by atomic mass is 9.43. The molecule has 2 N–H and O–H groups in total. The summed E-state index contributed by atoms with van der Waals surface area (Å²) in [4.78, 5) is 34.3. The highest BCUT2D eigenvalue weighted by Crippen LogP contribution is 2.65. The molecule has 272 valence electrons. The first-order valence-electron chi connectivity index (χ1n) is 18.6. The van der Waals surface area contributed by atoms with E-state index in [1.54, 1.807) is 4.68 Å². The van der Waals surface area contributed by atoms with Crippen LogP contribution in [0.4, 0.5) is 0 Å². The van der Waals surface area contributed by atoms with Gasteiger partial charge in [0.1, 0.15) is 5.69 Å². The molecule has 1 aromatic heterocycles. The number of amides is 2. The molecular weight excluding hydrogens is 629 g/mol. The number of aromatic nitrogens is 2. The van der Waals surface area contributed by atoms with Crippen LogP contribution in [0.2, 0.25) is 0 Å². The number of hydrogen-bond acceptors (Lipinski definition) is 7. The second-order valence-electron chi connectivity index (χ2n) is 18.0. The summed E-state index contributed by atoms with van der Waals surface area (Å²) in [5.74, 6) is 0.507. The Kier molecular flexibility index (Phi) is 9.59. The second kappa shape index (κ2) is 13.1. The van der Waals surface area contributed by atoms with Crippen LogP contribution < -0.4 is 10.6 Å². The first kappa shape index (κ1) is 36.6. The molecule has 2 aromatic rings. The Morgan fingerprint density at radius 2 is 1.84 bits per heavy atom. The van der Waals surface area contributed by atoms with Gasteiger partial charge in [-0.3, -0.25) is 14.3 Å². The third-order valence-corrected chi connectivity index (χ3v) is 11.8. The second-order valence-corrected chi connectivity index (χ2v) is 18.0. The SMILES string of the molecule is Cc1cccc(CC2(C(=O)N[C@@H](CC(C)C)B3O[C@@H]4C[C@@H]5C[C@@H](C5(C)C)[C@]4(C)O3)CC(CNC(=O)c3cc(C(C)(C)C)nn3C(C)C)=NO2)c1. The van der Waals surface area contributed by atoms with E-state index in [1.807, 2.05) is 45.0 Å². The largest absolute Gasteiger partial charge is 0.481 e. The summed E-state index contributed by atoms with van der Waals surface area (Å²) in [6.45, 7) is 23.7. The number of carbonyl (C=O) groups is 2. The highest BCUT2D eigenvalue weighted by molar-refractivity contribution is 6.48. The van der Waals surface area contributed by atoms with Crippen molar-refractivity contribution < 1.29 is 23.7 Å². The van der Waals surface area contributed by atoms with E-state index in [2.05, 4.69) is 77.2 Å². The van der Waals surface area contributed by atoms with E-state index in [4.69, 9.17) is 19.2 Å². The summed E-state index contributed by atoms with van der Waals surface area (Å²) in [7, 11) is -0.549. The van der Waals surface area contributed by atoms with Crippen molar-refractivity contribution in [2.24, 2.45) is 28.3 Å². The molecule has 3 heterocycles. The molecule has 2 aliphatic heterocycles. The fourth-order valence-corrected chi connectivity index (χ4v) is 8.80. The summed E-state index contributed by atoms with van der Waals surface area (Å²) >= 11 is 0. The Hall–Kier alpha value is -3.18. The standard InChI is InChI=1S/C39H58BN5O5/c1-23(2)15-33(40-48-32-18-27-17-30(37(27,9)10)38(32,11)49-40)42-35(47)39(20-26-14-12-13-25(5)16-26)21-28(44-50-39)22-41-34(46)29-19-31(36(6,7)8)43-45(29)24(3)4/h12-14,16,19,23-24,27,30,32-33H,15,17-18,20-22H2,1-11H3,(H,41,46)(H,42,47)/t27-,30-,32+,33-,38-,39?/m0/s1. The monoisotopic (exact) mass is 687 g/mol. The Balaban J connectivity index is 1.20. The summed E-state index contributed by atoms with van der Waals surface area (Å²) in [6, 6.07) is 10.00. The Bertz CT molecular complexity index is 1650. The molecule has 6 atom stereocenters. The van der Waals surface area contributed by atoms with Gasteiger partial charge in [-0.2, -0.15) is 5.10 Å². The maximum Gasteiger partial charge on any atom is 0.481 e. The Labute approximate surface area is 299 Å². The van der Waals surface area contributed by atoms with Gasteiger partial charge in [0.05, 0.1) is 35.6 Å².